The summed E-state index contributed by atoms with van der Waals surface area (Å²) in [5.41, 5.74) is 0.856. The van der Waals surface area contributed by atoms with Gasteiger partial charge in [-0.05, 0) is 49.7 Å². The van der Waals surface area contributed by atoms with Crippen LogP contribution in [-0.2, 0) is 4.79 Å². The molecule has 0 fully saturated rings. The van der Waals surface area contributed by atoms with Crippen molar-refractivity contribution >= 4 is 23.4 Å². The lowest BCUT2D eigenvalue weighted by molar-refractivity contribution is -0.114. The van der Waals surface area contributed by atoms with Gasteiger partial charge in [0, 0.05) is 23.3 Å². The SMILES string of the molecule is CCCNCC(C)CSc1ccc(NC(C)=O)cc1. The molecule has 1 unspecified atom stereocenters. The summed E-state index contributed by atoms with van der Waals surface area (Å²) < 4.78 is 0. The van der Waals surface area contributed by atoms with Gasteiger partial charge in [-0.1, -0.05) is 13.8 Å². The lowest BCUT2D eigenvalue weighted by Crippen LogP contribution is -2.23. The van der Waals surface area contributed by atoms with Crippen molar-refractivity contribution in [2.45, 2.75) is 32.1 Å². The highest BCUT2D eigenvalue weighted by atomic mass is 32.2. The third kappa shape index (κ3) is 7.23. The molecule has 0 saturated carbocycles. The van der Waals surface area contributed by atoms with Crippen LogP contribution in [0, 0.1) is 5.92 Å². The van der Waals surface area contributed by atoms with Crippen molar-refractivity contribution in [3.63, 3.8) is 0 Å². The highest BCUT2D eigenvalue weighted by Gasteiger charge is 2.03. The first-order valence-corrected chi connectivity index (χ1v) is 7.81. The number of hydrogen-bond acceptors (Lipinski definition) is 3. The third-order valence-electron chi connectivity index (χ3n) is 2.63. The Morgan fingerprint density at radius 2 is 2.00 bits per heavy atom. The minimum absolute atomic E-state index is 0.0315. The van der Waals surface area contributed by atoms with Crippen LogP contribution < -0.4 is 10.6 Å². The minimum Gasteiger partial charge on any atom is -0.326 e. The Bertz CT molecular complexity index is 378. The molecule has 0 heterocycles. The van der Waals surface area contributed by atoms with E-state index in [0.29, 0.717) is 5.92 Å². The molecule has 3 nitrogen and oxygen atoms in total. The number of rotatable bonds is 8. The third-order valence-corrected chi connectivity index (χ3v) is 3.97. The molecule has 0 spiro atoms. The molecule has 0 aliphatic heterocycles. The zero-order valence-electron chi connectivity index (χ0n) is 12.0. The van der Waals surface area contributed by atoms with Crippen LogP contribution in [0.2, 0.25) is 0 Å². The van der Waals surface area contributed by atoms with E-state index >= 15 is 0 Å². The van der Waals surface area contributed by atoms with Gasteiger partial charge >= 0.3 is 0 Å². The van der Waals surface area contributed by atoms with Gasteiger partial charge in [-0.25, -0.2) is 0 Å². The Balaban J connectivity index is 2.31. The molecule has 0 bridgehead atoms. The molecule has 1 amide bonds. The predicted molar refractivity (Wildman–Crippen MR) is 83.8 cm³/mol. The van der Waals surface area contributed by atoms with Crippen molar-refractivity contribution in [1.82, 2.24) is 5.32 Å². The van der Waals surface area contributed by atoms with Gasteiger partial charge in [-0.15, -0.1) is 11.8 Å². The van der Waals surface area contributed by atoms with E-state index in [1.807, 2.05) is 23.9 Å². The maximum absolute atomic E-state index is 10.9. The van der Waals surface area contributed by atoms with Crippen LogP contribution in [0.5, 0.6) is 0 Å². The van der Waals surface area contributed by atoms with E-state index in [2.05, 4.69) is 36.6 Å². The summed E-state index contributed by atoms with van der Waals surface area (Å²) in [6.45, 7) is 8.14. The van der Waals surface area contributed by atoms with Crippen molar-refractivity contribution in [3.05, 3.63) is 24.3 Å². The molecule has 0 aliphatic carbocycles. The van der Waals surface area contributed by atoms with Crippen LogP contribution in [0.4, 0.5) is 5.69 Å². The number of carbonyl (C=O) groups excluding carboxylic acids is 1. The summed E-state index contributed by atoms with van der Waals surface area (Å²) >= 11 is 1.86. The maximum atomic E-state index is 10.9. The predicted octanol–water partition coefficient (Wildman–Crippen LogP) is 3.37. The second-order valence-electron chi connectivity index (χ2n) is 4.83. The van der Waals surface area contributed by atoms with Gasteiger partial charge in [0.1, 0.15) is 0 Å². The topological polar surface area (TPSA) is 41.1 Å². The van der Waals surface area contributed by atoms with Crippen molar-refractivity contribution in [3.8, 4) is 0 Å². The molecule has 1 aromatic rings. The number of thioether (sulfide) groups is 1. The largest absolute Gasteiger partial charge is 0.326 e. The normalized spacial score (nSPS) is 12.2. The molecule has 0 radical (unpaired) electrons. The lowest BCUT2D eigenvalue weighted by Gasteiger charge is -2.12. The van der Waals surface area contributed by atoms with Crippen LogP contribution >= 0.6 is 11.8 Å². The summed E-state index contributed by atoms with van der Waals surface area (Å²) in [5, 5.41) is 6.21. The Hall–Kier alpha value is -1.00. The quantitative estimate of drug-likeness (QED) is 0.566. The van der Waals surface area contributed by atoms with E-state index in [1.54, 1.807) is 0 Å². The second-order valence-corrected chi connectivity index (χ2v) is 5.92. The number of nitrogens with one attached hydrogen (secondary N) is 2. The van der Waals surface area contributed by atoms with Crippen LogP contribution in [0.1, 0.15) is 27.2 Å². The summed E-state index contributed by atoms with van der Waals surface area (Å²) in [4.78, 5) is 12.2. The van der Waals surface area contributed by atoms with E-state index in [-0.39, 0.29) is 5.91 Å². The van der Waals surface area contributed by atoms with Crippen LogP contribution in [-0.4, -0.2) is 24.7 Å². The molecule has 2 N–H and O–H groups in total. The molecule has 106 valence electrons. The van der Waals surface area contributed by atoms with Gasteiger partial charge in [0.2, 0.25) is 5.91 Å². The van der Waals surface area contributed by atoms with Gasteiger partial charge in [0.25, 0.3) is 0 Å². The van der Waals surface area contributed by atoms with Gasteiger partial charge in [-0.2, -0.15) is 0 Å². The van der Waals surface area contributed by atoms with Crippen molar-refractivity contribution < 1.29 is 4.79 Å². The Morgan fingerprint density at radius 3 is 2.58 bits per heavy atom. The smallest absolute Gasteiger partial charge is 0.221 e. The lowest BCUT2D eigenvalue weighted by atomic mass is 10.2. The molecule has 1 rings (SSSR count). The monoisotopic (exact) mass is 280 g/mol. The fraction of sp³-hybridized carbons (Fsp3) is 0.533. The van der Waals surface area contributed by atoms with E-state index < -0.39 is 0 Å². The fourth-order valence-corrected chi connectivity index (χ4v) is 2.58. The summed E-state index contributed by atoms with van der Waals surface area (Å²) in [6.07, 6.45) is 1.18. The second kappa shape index (κ2) is 8.99. The zero-order valence-corrected chi connectivity index (χ0v) is 12.8. The van der Waals surface area contributed by atoms with Crippen LogP contribution in [0.3, 0.4) is 0 Å². The van der Waals surface area contributed by atoms with E-state index in [9.17, 15) is 4.79 Å². The molecule has 0 aliphatic rings. The minimum atomic E-state index is -0.0315. The summed E-state index contributed by atoms with van der Waals surface area (Å²) in [5.74, 6) is 1.73. The number of benzene rings is 1. The number of amides is 1. The van der Waals surface area contributed by atoms with E-state index in [1.165, 1.54) is 18.2 Å². The average molecular weight is 280 g/mol. The highest BCUT2D eigenvalue weighted by Crippen LogP contribution is 2.22. The molecule has 4 heteroatoms. The summed E-state index contributed by atoms with van der Waals surface area (Å²) in [6, 6.07) is 8.01. The van der Waals surface area contributed by atoms with Gasteiger partial charge < -0.3 is 10.6 Å². The number of anilines is 1. The van der Waals surface area contributed by atoms with Crippen molar-refractivity contribution in [1.29, 1.82) is 0 Å². The Labute approximate surface area is 120 Å². The van der Waals surface area contributed by atoms with Gasteiger partial charge in [0.15, 0.2) is 0 Å². The summed E-state index contributed by atoms with van der Waals surface area (Å²) in [7, 11) is 0. The van der Waals surface area contributed by atoms with E-state index in [4.69, 9.17) is 0 Å². The van der Waals surface area contributed by atoms with E-state index in [0.717, 1.165) is 24.5 Å². The average Bonchev–Trinajstić information content (AvgIpc) is 2.37. The first-order valence-electron chi connectivity index (χ1n) is 6.83. The Morgan fingerprint density at radius 1 is 1.32 bits per heavy atom. The molecule has 19 heavy (non-hydrogen) atoms. The van der Waals surface area contributed by atoms with Crippen LogP contribution in [0.15, 0.2) is 29.2 Å². The van der Waals surface area contributed by atoms with Crippen molar-refractivity contribution in [2.75, 3.05) is 24.2 Å². The molecule has 0 aromatic heterocycles. The fourth-order valence-electron chi connectivity index (χ4n) is 1.66. The highest BCUT2D eigenvalue weighted by molar-refractivity contribution is 7.99. The van der Waals surface area contributed by atoms with Gasteiger partial charge in [0.05, 0.1) is 0 Å². The van der Waals surface area contributed by atoms with Crippen molar-refractivity contribution in [2.24, 2.45) is 5.92 Å². The van der Waals surface area contributed by atoms with Crippen LogP contribution in [0.25, 0.3) is 0 Å². The first kappa shape index (κ1) is 16.1. The molecule has 1 atom stereocenters. The standard InChI is InChI=1S/C15H24N2OS/c1-4-9-16-10-12(2)11-19-15-7-5-14(6-8-15)17-13(3)18/h5-8,12,16H,4,9-11H2,1-3H3,(H,17,18). The number of carbonyl (C=O) groups is 1. The Kier molecular flexibility index (Phi) is 7.60. The molecular weight excluding hydrogens is 256 g/mol. The molecule has 0 saturated heterocycles. The number of hydrogen-bond donors (Lipinski definition) is 2. The maximum Gasteiger partial charge on any atom is 0.221 e. The van der Waals surface area contributed by atoms with Gasteiger partial charge in [-0.3, -0.25) is 4.79 Å². The first-order chi connectivity index (χ1) is 9.11. The molecule has 1 aromatic carbocycles. The molecular formula is C15H24N2OS. The zero-order chi connectivity index (χ0) is 14.1.